The van der Waals surface area contributed by atoms with E-state index in [4.69, 9.17) is 5.73 Å². The Kier molecular flexibility index (Phi) is 2.57. The molecule has 1 aromatic heterocycles. The number of anilines is 1. The van der Waals surface area contributed by atoms with E-state index in [0.29, 0.717) is 34.6 Å². The van der Waals surface area contributed by atoms with Gasteiger partial charge in [0.25, 0.3) is 0 Å². The predicted octanol–water partition coefficient (Wildman–Crippen LogP) is 2.75. The van der Waals surface area contributed by atoms with E-state index < -0.39 is 17.1 Å². The standard InChI is InChI=1S/C9H9F3N2OS/c10-9(11,12)7-6(14-8(13)15)4-2-1-3-5(4)16-7/h1-3H2,(H3,13,14,15). The predicted molar refractivity (Wildman–Crippen MR) is 54.6 cm³/mol. The summed E-state index contributed by atoms with van der Waals surface area (Å²) in [7, 11) is 0. The molecule has 1 heterocycles. The van der Waals surface area contributed by atoms with Crippen LogP contribution in [0.1, 0.15) is 21.7 Å². The van der Waals surface area contributed by atoms with Gasteiger partial charge in [-0.2, -0.15) is 13.2 Å². The largest absolute Gasteiger partial charge is 0.427 e. The van der Waals surface area contributed by atoms with Crippen LogP contribution in [-0.2, 0) is 19.0 Å². The van der Waals surface area contributed by atoms with Crippen molar-refractivity contribution in [2.24, 2.45) is 5.73 Å². The van der Waals surface area contributed by atoms with Gasteiger partial charge < -0.3 is 11.1 Å². The van der Waals surface area contributed by atoms with E-state index >= 15 is 0 Å². The Balaban J connectivity index is 2.49. The summed E-state index contributed by atoms with van der Waals surface area (Å²) in [5.74, 6) is 0. The van der Waals surface area contributed by atoms with E-state index in [2.05, 4.69) is 5.32 Å². The lowest BCUT2D eigenvalue weighted by Gasteiger charge is -2.09. The summed E-state index contributed by atoms with van der Waals surface area (Å²) in [4.78, 5) is 10.6. The van der Waals surface area contributed by atoms with Gasteiger partial charge in [-0.15, -0.1) is 11.3 Å². The maximum atomic E-state index is 12.7. The van der Waals surface area contributed by atoms with Crippen LogP contribution in [0.15, 0.2) is 0 Å². The van der Waals surface area contributed by atoms with Crippen LogP contribution in [-0.4, -0.2) is 6.03 Å². The van der Waals surface area contributed by atoms with E-state index in [1.54, 1.807) is 0 Å². The molecule has 0 aromatic carbocycles. The molecule has 0 unspecified atom stereocenters. The molecule has 7 heteroatoms. The van der Waals surface area contributed by atoms with Crippen LogP contribution < -0.4 is 11.1 Å². The van der Waals surface area contributed by atoms with Crippen molar-refractivity contribution in [3.63, 3.8) is 0 Å². The molecule has 3 N–H and O–H groups in total. The highest BCUT2D eigenvalue weighted by Gasteiger charge is 2.39. The molecule has 0 bridgehead atoms. The SMILES string of the molecule is NC(=O)Nc1c(C(F)(F)F)sc2c1CCC2. The first-order chi connectivity index (χ1) is 7.39. The van der Waals surface area contributed by atoms with Gasteiger partial charge in [0.2, 0.25) is 0 Å². The van der Waals surface area contributed by atoms with E-state index in [9.17, 15) is 18.0 Å². The van der Waals surface area contributed by atoms with Gasteiger partial charge in [0, 0.05) is 4.88 Å². The number of nitrogens with one attached hydrogen (secondary N) is 1. The number of hydrogen-bond donors (Lipinski definition) is 2. The van der Waals surface area contributed by atoms with Crippen LogP contribution >= 0.6 is 11.3 Å². The number of nitrogens with two attached hydrogens (primary N) is 1. The van der Waals surface area contributed by atoms with Gasteiger partial charge in [0.15, 0.2) is 0 Å². The fourth-order valence-corrected chi connectivity index (χ4v) is 3.07. The van der Waals surface area contributed by atoms with Gasteiger partial charge in [-0.05, 0) is 24.8 Å². The van der Waals surface area contributed by atoms with Crippen LogP contribution in [0, 0.1) is 0 Å². The Morgan fingerprint density at radius 1 is 1.38 bits per heavy atom. The molecule has 1 aromatic rings. The van der Waals surface area contributed by atoms with Gasteiger partial charge in [-0.25, -0.2) is 4.79 Å². The van der Waals surface area contributed by atoms with E-state index in [1.165, 1.54) is 0 Å². The minimum Gasteiger partial charge on any atom is -0.351 e. The lowest BCUT2D eigenvalue weighted by molar-refractivity contribution is -0.133. The highest BCUT2D eigenvalue weighted by molar-refractivity contribution is 7.13. The van der Waals surface area contributed by atoms with E-state index in [0.717, 1.165) is 6.42 Å². The normalized spacial score (nSPS) is 14.9. The van der Waals surface area contributed by atoms with Crippen molar-refractivity contribution < 1.29 is 18.0 Å². The fraction of sp³-hybridized carbons (Fsp3) is 0.444. The second-order valence-corrected chi connectivity index (χ2v) is 4.65. The van der Waals surface area contributed by atoms with Crippen molar-refractivity contribution in [3.8, 4) is 0 Å². The highest BCUT2D eigenvalue weighted by atomic mass is 32.1. The molecule has 2 amide bonds. The summed E-state index contributed by atoms with van der Waals surface area (Å²) in [6.07, 6.45) is -2.40. The zero-order valence-corrected chi connectivity index (χ0v) is 8.97. The maximum absolute atomic E-state index is 12.7. The van der Waals surface area contributed by atoms with Crippen LogP contribution in [0.4, 0.5) is 23.7 Å². The fourth-order valence-electron chi connectivity index (χ4n) is 1.86. The summed E-state index contributed by atoms with van der Waals surface area (Å²) >= 11 is 0.702. The molecular formula is C9H9F3N2OS. The average molecular weight is 250 g/mol. The van der Waals surface area contributed by atoms with Gasteiger partial charge in [0.1, 0.15) is 4.88 Å². The van der Waals surface area contributed by atoms with Crippen LogP contribution in [0.25, 0.3) is 0 Å². The number of hydrogen-bond acceptors (Lipinski definition) is 2. The molecular weight excluding hydrogens is 241 g/mol. The first-order valence-electron chi connectivity index (χ1n) is 4.68. The summed E-state index contributed by atoms with van der Waals surface area (Å²) in [6.45, 7) is 0. The summed E-state index contributed by atoms with van der Waals surface area (Å²) in [5, 5.41) is 2.09. The quantitative estimate of drug-likeness (QED) is 0.791. The zero-order chi connectivity index (χ0) is 11.9. The number of alkyl halides is 3. The molecule has 0 atom stereocenters. The number of primary amides is 1. The lowest BCUT2D eigenvalue weighted by atomic mass is 10.2. The molecule has 2 rings (SSSR count). The number of halogens is 3. The minimum absolute atomic E-state index is 0.141. The number of carbonyl (C=O) groups is 1. The molecule has 16 heavy (non-hydrogen) atoms. The molecule has 1 aliphatic rings. The highest BCUT2D eigenvalue weighted by Crippen LogP contribution is 2.46. The monoisotopic (exact) mass is 250 g/mol. The molecule has 3 nitrogen and oxygen atoms in total. The number of thiophene rings is 1. The van der Waals surface area contributed by atoms with Crippen molar-refractivity contribution in [2.45, 2.75) is 25.4 Å². The van der Waals surface area contributed by atoms with Gasteiger partial charge in [-0.1, -0.05) is 0 Å². The summed E-state index contributed by atoms with van der Waals surface area (Å²) in [6, 6.07) is -0.960. The zero-order valence-electron chi connectivity index (χ0n) is 8.15. The molecule has 0 fully saturated rings. The Morgan fingerprint density at radius 2 is 2.06 bits per heavy atom. The molecule has 1 aliphatic carbocycles. The second kappa shape index (κ2) is 3.65. The molecule has 0 aliphatic heterocycles. The smallest absolute Gasteiger partial charge is 0.351 e. The number of rotatable bonds is 1. The van der Waals surface area contributed by atoms with Crippen molar-refractivity contribution in [2.75, 3.05) is 5.32 Å². The third-order valence-electron chi connectivity index (χ3n) is 2.43. The van der Waals surface area contributed by atoms with Crippen molar-refractivity contribution in [3.05, 3.63) is 15.3 Å². The maximum Gasteiger partial charge on any atom is 0.427 e. The first-order valence-corrected chi connectivity index (χ1v) is 5.49. The van der Waals surface area contributed by atoms with E-state index in [1.807, 2.05) is 0 Å². The topological polar surface area (TPSA) is 55.1 Å². The number of urea groups is 1. The number of amides is 2. The minimum atomic E-state index is -4.44. The van der Waals surface area contributed by atoms with Crippen molar-refractivity contribution in [1.82, 2.24) is 0 Å². The Labute approximate surface area is 93.4 Å². The first kappa shape index (κ1) is 11.3. The lowest BCUT2D eigenvalue weighted by Crippen LogP contribution is -2.21. The van der Waals surface area contributed by atoms with E-state index in [-0.39, 0.29) is 5.69 Å². The molecule has 0 radical (unpaired) electrons. The van der Waals surface area contributed by atoms with Crippen LogP contribution in [0.2, 0.25) is 0 Å². The van der Waals surface area contributed by atoms with Gasteiger partial charge in [-0.3, -0.25) is 0 Å². The Hall–Kier alpha value is -1.24. The van der Waals surface area contributed by atoms with Crippen LogP contribution in [0.3, 0.4) is 0 Å². The molecule has 0 spiro atoms. The Morgan fingerprint density at radius 3 is 2.62 bits per heavy atom. The molecule has 0 saturated heterocycles. The third-order valence-corrected chi connectivity index (χ3v) is 3.76. The van der Waals surface area contributed by atoms with Crippen LogP contribution in [0.5, 0.6) is 0 Å². The molecule has 88 valence electrons. The number of aryl methyl sites for hydroxylation is 1. The van der Waals surface area contributed by atoms with Crippen molar-refractivity contribution >= 4 is 23.1 Å². The number of fused-ring (bicyclic) bond motifs is 1. The van der Waals surface area contributed by atoms with Gasteiger partial charge in [0.05, 0.1) is 5.69 Å². The third kappa shape index (κ3) is 1.87. The van der Waals surface area contributed by atoms with Gasteiger partial charge >= 0.3 is 12.2 Å². The number of carbonyl (C=O) groups excluding carboxylic acids is 1. The Bertz CT molecular complexity index is 439. The molecule has 0 saturated carbocycles. The second-order valence-electron chi connectivity index (χ2n) is 3.55. The summed E-state index contributed by atoms with van der Waals surface area (Å²) < 4.78 is 38.0. The van der Waals surface area contributed by atoms with Crippen molar-refractivity contribution in [1.29, 1.82) is 0 Å². The summed E-state index contributed by atoms with van der Waals surface area (Å²) in [5.41, 5.74) is 5.33. The average Bonchev–Trinajstić information content (AvgIpc) is 2.64.